The zero-order chi connectivity index (χ0) is 22.2. The first-order valence-corrected chi connectivity index (χ1v) is 9.80. The number of rotatable bonds is 10. The van der Waals surface area contributed by atoms with Gasteiger partial charge in [-0.2, -0.15) is 5.26 Å². The number of imide groups is 1. The third-order valence-corrected chi connectivity index (χ3v) is 4.77. The number of methoxy groups -OCH3 is 1. The van der Waals surface area contributed by atoms with Gasteiger partial charge < -0.3 is 19.9 Å². The summed E-state index contributed by atoms with van der Waals surface area (Å²) < 4.78 is 10.6. The van der Waals surface area contributed by atoms with Crippen molar-refractivity contribution in [2.24, 2.45) is 0 Å². The average molecular weight is 424 g/mol. The lowest BCUT2D eigenvalue weighted by molar-refractivity contribution is -0.124. The van der Waals surface area contributed by atoms with Crippen molar-refractivity contribution in [3.63, 3.8) is 0 Å². The van der Waals surface area contributed by atoms with E-state index in [9.17, 15) is 14.7 Å². The van der Waals surface area contributed by atoms with Crippen LogP contribution < -0.4 is 19.7 Å². The van der Waals surface area contributed by atoms with Gasteiger partial charge in [0.05, 0.1) is 12.7 Å². The van der Waals surface area contributed by atoms with Crippen molar-refractivity contribution in [3.8, 4) is 17.6 Å². The molecule has 9 nitrogen and oxygen atoms in total. The van der Waals surface area contributed by atoms with Crippen LogP contribution in [-0.2, 0) is 4.79 Å². The van der Waals surface area contributed by atoms with Gasteiger partial charge in [0.15, 0.2) is 0 Å². The number of aliphatic hydroxyl groups is 1. The molecule has 9 heteroatoms. The van der Waals surface area contributed by atoms with Gasteiger partial charge in [0.25, 0.3) is 5.91 Å². The van der Waals surface area contributed by atoms with Crippen molar-refractivity contribution >= 4 is 17.6 Å². The number of hydrogen-bond acceptors (Lipinski definition) is 7. The van der Waals surface area contributed by atoms with Crippen molar-refractivity contribution in [2.45, 2.75) is 6.10 Å². The summed E-state index contributed by atoms with van der Waals surface area (Å²) in [5, 5.41) is 22.1. The third kappa shape index (κ3) is 5.51. The summed E-state index contributed by atoms with van der Waals surface area (Å²) in [6, 6.07) is 15.4. The van der Waals surface area contributed by atoms with Crippen molar-refractivity contribution in [1.82, 2.24) is 10.2 Å². The smallest absolute Gasteiger partial charge is 0.331 e. The molecule has 3 rings (SSSR count). The Morgan fingerprint density at radius 3 is 2.65 bits per heavy atom. The molecule has 2 N–H and O–H groups in total. The fourth-order valence-corrected chi connectivity index (χ4v) is 3.11. The fourth-order valence-electron chi connectivity index (χ4n) is 3.11. The van der Waals surface area contributed by atoms with E-state index in [4.69, 9.17) is 14.7 Å². The van der Waals surface area contributed by atoms with Gasteiger partial charge in [0.1, 0.15) is 36.8 Å². The predicted molar refractivity (Wildman–Crippen MR) is 113 cm³/mol. The summed E-state index contributed by atoms with van der Waals surface area (Å²) in [5.74, 6) is 0.803. The van der Waals surface area contributed by atoms with Crippen LogP contribution in [0.25, 0.3) is 0 Å². The summed E-state index contributed by atoms with van der Waals surface area (Å²) in [5.41, 5.74) is 1.02. The van der Waals surface area contributed by atoms with E-state index in [0.717, 1.165) is 0 Å². The Morgan fingerprint density at radius 1 is 1.19 bits per heavy atom. The number of amides is 3. The van der Waals surface area contributed by atoms with Crippen LogP contribution >= 0.6 is 0 Å². The standard InChI is InChI=1S/C22H24N4O5/c1-30-19-8-6-17(7-9-19)26-14-21(28)25(22(26)29)11-10-24-13-18(27)15-31-20-5-3-2-4-16(20)12-23/h2-9,18,24,27H,10-11,13-15H2,1H3. The molecule has 1 aliphatic rings. The van der Waals surface area contributed by atoms with E-state index >= 15 is 0 Å². The van der Waals surface area contributed by atoms with Gasteiger partial charge in [0.2, 0.25) is 0 Å². The minimum absolute atomic E-state index is 0.0124. The first-order chi connectivity index (χ1) is 15.0. The highest BCUT2D eigenvalue weighted by Gasteiger charge is 2.36. The maximum atomic E-state index is 12.6. The van der Waals surface area contributed by atoms with Gasteiger partial charge in [0, 0.05) is 25.3 Å². The van der Waals surface area contributed by atoms with Crippen molar-refractivity contribution in [1.29, 1.82) is 5.26 Å². The van der Waals surface area contributed by atoms with Crippen LogP contribution in [0.15, 0.2) is 48.5 Å². The Hall–Kier alpha value is -3.61. The largest absolute Gasteiger partial charge is 0.497 e. The Morgan fingerprint density at radius 2 is 1.94 bits per heavy atom. The normalized spacial score (nSPS) is 14.5. The zero-order valence-electron chi connectivity index (χ0n) is 17.2. The minimum Gasteiger partial charge on any atom is -0.497 e. The number of benzene rings is 2. The minimum atomic E-state index is -0.812. The zero-order valence-corrected chi connectivity index (χ0v) is 17.2. The molecule has 31 heavy (non-hydrogen) atoms. The molecule has 0 bridgehead atoms. The number of nitrogens with zero attached hydrogens (tertiary/aromatic N) is 3. The second kappa shape index (κ2) is 10.4. The lowest BCUT2D eigenvalue weighted by Crippen LogP contribution is -2.40. The Bertz CT molecular complexity index is 957. The van der Waals surface area contributed by atoms with Crippen molar-refractivity contribution < 1.29 is 24.2 Å². The van der Waals surface area contributed by atoms with Crippen LogP contribution in [0.5, 0.6) is 11.5 Å². The number of urea groups is 1. The van der Waals surface area contributed by atoms with Crippen LogP contribution in [0, 0.1) is 11.3 Å². The van der Waals surface area contributed by atoms with Crippen LogP contribution in [0.1, 0.15) is 5.56 Å². The number of ether oxygens (including phenoxy) is 2. The Labute approximate surface area is 180 Å². The number of hydrogen-bond donors (Lipinski definition) is 2. The van der Waals surface area contributed by atoms with Gasteiger partial charge in [-0.05, 0) is 36.4 Å². The van der Waals surface area contributed by atoms with Gasteiger partial charge in [-0.1, -0.05) is 12.1 Å². The number of para-hydroxylation sites is 1. The van der Waals surface area contributed by atoms with E-state index in [1.165, 1.54) is 9.80 Å². The molecule has 1 unspecified atom stereocenters. The van der Waals surface area contributed by atoms with Crippen molar-refractivity contribution in [3.05, 3.63) is 54.1 Å². The van der Waals surface area contributed by atoms with Gasteiger partial charge in [-0.25, -0.2) is 4.79 Å². The second-order valence-electron chi connectivity index (χ2n) is 6.89. The number of anilines is 1. The molecule has 1 fully saturated rings. The lowest BCUT2D eigenvalue weighted by atomic mass is 10.2. The van der Waals surface area contributed by atoms with Gasteiger partial charge in [-0.3, -0.25) is 14.6 Å². The fraction of sp³-hybridized carbons (Fsp3) is 0.318. The first-order valence-electron chi connectivity index (χ1n) is 9.80. The molecule has 0 aromatic heterocycles. The molecule has 1 atom stereocenters. The molecule has 162 valence electrons. The maximum Gasteiger partial charge on any atom is 0.331 e. The van der Waals surface area contributed by atoms with Crippen LogP contribution in [0.4, 0.5) is 10.5 Å². The highest BCUT2D eigenvalue weighted by Crippen LogP contribution is 2.23. The second-order valence-corrected chi connectivity index (χ2v) is 6.89. The van der Waals surface area contributed by atoms with E-state index in [0.29, 0.717) is 29.3 Å². The molecule has 3 amide bonds. The molecule has 0 radical (unpaired) electrons. The molecule has 0 saturated carbocycles. The Balaban J connectivity index is 1.42. The summed E-state index contributed by atoms with van der Waals surface area (Å²) in [6.07, 6.45) is -0.812. The molecule has 0 aliphatic carbocycles. The summed E-state index contributed by atoms with van der Waals surface area (Å²) >= 11 is 0. The van der Waals surface area contributed by atoms with E-state index in [1.54, 1.807) is 55.6 Å². The van der Waals surface area contributed by atoms with E-state index in [1.807, 2.05) is 6.07 Å². The van der Waals surface area contributed by atoms with Crippen LogP contribution in [0.2, 0.25) is 0 Å². The molecule has 2 aromatic carbocycles. The molecule has 1 aliphatic heterocycles. The van der Waals surface area contributed by atoms with Crippen molar-refractivity contribution in [2.75, 3.05) is 44.8 Å². The topological polar surface area (TPSA) is 115 Å². The SMILES string of the molecule is COc1ccc(N2CC(=O)N(CCNCC(O)COc3ccccc3C#N)C2=O)cc1. The van der Waals surface area contributed by atoms with E-state index in [2.05, 4.69) is 5.32 Å². The summed E-state index contributed by atoms with van der Waals surface area (Å²) in [7, 11) is 1.56. The number of carbonyl (C=O) groups is 2. The quantitative estimate of drug-likeness (QED) is 0.437. The molecule has 2 aromatic rings. The first kappa shape index (κ1) is 22.1. The highest BCUT2D eigenvalue weighted by molar-refractivity contribution is 6.12. The average Bonchev–Trinajstić information content (AvgIpc) is 3.08. The van der Waals surface area contributed by atoms with Crippen LogP contribution in [0.3, 0.4) is 0 Å². The molecular weight excluding hydrogens is 400 g/mol. The number of nitriles is 1. The van der Waals surface area contributed by atoms with E-state index < -0.39 is 6.10 Å². The maximum absolute atomic E-state index is 12.6. The van der Waals surface area contributed by atoms with Gasteiger partial charge in [-0.15, -0.1) is 0 Å². The molecule has 0 spiro atoms. The number of nitrogens with one attached hydrogen (secondary N) is 1. The van der Waals surface area contributed by atoms with Gasteiger partial charge >= 0.3 is 6.03 Å². The predicted octanol–water partition coefficient (Wildman–Crippen LogP) is 1.36. The number of carbonyl (C=O) groups excluding carboxylic acids is 2. The lowest BCUT2D eigenvalue weighted by Gasteiger charge is -2.18. The summed E-state index contributed by atoms with van der Waals surface area (Å²) in [6.45, 7) is 0.737. The molecule has 1 saturated heterocycles. The highest BCUT2D eigenvalue weighted by atomic mass is 16.5. The number of aliphatic hydroxyl groups excluding tert-OH is 1. The van der Waals surface area contributed by atoms with Crippen LogP contribution in [-0.4, -0.2) is 67.9 Å². The third-order valence-electron chi connectivity index (χ3n) is 4.77. The monoisotopic (exact) mass is 424 g/mol. The Kier molecular flexibility index (Phi) is 7.43. The summed E-state index contributed by atoms with van der Waals surface area (Å²) in [4.78, 5) is 27.4. The van der Waals surface area contributed by atoms with E-state index in [-0.39, 0.29) is 38.2 Å². The molecular formula is C22H24N4O5. The molecule has 1 heterocycles.